The van der Waals surface area contributed by atoms with Crippen molar-refractivity contribution in [2.24, 2.45) is 0 Å². The zero-order chi connectivity index (χ0) is 13.8. The van der Waals surface area contributed by atoms with Crippen LogP contribution in [0.5, 0.6) is 0 Å². The first-order valence-electron chi connectivity index (χ1n) is 7.29. The van der Waals surface area contributed by atoms with E-state index in [-0.39, 0.29) is 0 Å². The van der Waals surface area contributed by atoms with Gasteiger partial charge in [0.15, 0.2) is 0 Å². The molecule has 1 aromatic carbocycles. The monoisotopic (exact) mass is 262 g/mol. The van der Waals surface area contributed by atoms with Crippen molar-refractivity contribution in [3.05, 3.63) is 29.8 Å². The van der Waals surface area contributed by atoms with Gasteiger partial charge in [0, 0.05) is 25.4 Å². The Bertz CT molecular complexity index is 386. The average Bonchev–Trinajstić information content (AvgIpc) is 2.86. The lowest BCUT2D eigenvalue weighted by atomic mass is 10.0. The molecular weight excluding hydrogens is 236 g/mol. The van der Waals surface area contributed by atoms with Gasteiger partial charge in [0.05, 0.1) is 12.1 Å². The summed E-state index contributed by atoms with van der Waals surface area (Å²) in [6.45, 7) is 5.25. The fourth-order valence-corrected chi connectivity index (χ4v) is 2.97. The number of nitrogens with one attached hydrogen (secondary N) is 1. The maximum absolute atomic E-state index is 5.65. The average molecular weight is 262 g/mol. The van der Waals surface area contributed by atoms with Gasteiger partial charge in [-0.05, 0) is 44.5 Å². The van der Waals surface area contributed by atoms with Crippen LogP contribution in [0.3, 0.4) is 0 Å². The van der Waals surface area contributed by atoms with Crippen LogP contribution < -0.4 is 10.2 Å². The summed E-state index contributed by atoms with van der Waals surface area (Å²) in [5.41, 5.74) is 2.63. The van der Waals surface area contributed by atoms with Gasteiger partial charge in [-0.3, -0.25) is 0 Å². The maximum atomic E-state index is 5.65. The minimum absolute atomic E-state index is 0.324. The Hall–Kier alpha value is -1.06. The number of benzene rings is 1. The number of anilines is 1. The van der Waals surface area contributed by atoms with Gasteiger partial charge in [0.1, 0.15) is 0 Å². The van der Waals surface area contributed by atoms with Crippen molar-refractivity contribution >= 4 is 5.69 Å². The summed E-state index contributed by atoms with van der Waals surface area (Å²) in [7, 11) is 4.19. The Kier molecular flexibility index (Phi) is 4.83. The van der Waals surface area contributed by atoms with Gasteiger partial charge in [-0.25, -0.2) is 0 Å². The lowest BCUT2D eigenvalue weighted by Gasteiger charge is -2.29. The summed E-state index contributed by atoms with van der Waals surface area (Å²) in [6, 6.07) is 9.86. The molecule has 2 rings (SSSR count). The third-order valence-corrected chi connectivity index (χ3v) is 4.29. The summed E-state index contributed by atoms with van der Waals surface area (Å²) in [6.07, 6.45) is 2.55. The first-order chi connectivity index (χ1) is 9.17. The highest BCUT2D eigenvalue weighted by Gasteiger charge is 2.28. The molecule has 0 aliphatic carbocycles. The zero-order valence-electron chi connectivity index (χ0n) is 12.5. The van der Waals surface area contributed by atoms with Crippen molar-refractivity contribution in [3.63, 3.8) is 0 Å². The fraction of sp³-hybridized carbons (Fsp3) is 0.625. The van der Waals surface area contributed by atoms with Crippen LogP contribution in [0.4, 0.5) is 5.69 Å². The Morgan fingerprint density at radius 2 is 2.05 bits per heavy atom. The molecule has 1 heterocycles. The second-order valence-corrected chi connectivity index (χ2v) is 5.38. The number of ether oxygens (including phenoxy) is 1. The topological polar surface area (TPSA) is 24.5 Å². The molecule has 0 bridgehead atoms. The molecule has 3 atom stereocenters. The second kappa shape index (κ2) is 6.40. The minimum atomic E-state index is 0.324. The Morgan fingerprint density at radius 3 is 2.53 bits per heavy atom. The molecule has 3 heteroatoms. The molecule has 3 nitrogen and oxygen atoms in total. The molecule has 0 saturated carbocycles. The van der Waals surface area contributed by atoms with Crippen LogP contribution in [0.25, 0.3) is 0 Å². The molecule has 19 heavy (non-hydrogen) atoms. The summed E-state index contributed by atoms with van der Waals surface area (Å²) < 4.78 is 5.65. The number of likely N-dealkylation sites (N-methyl/N-ethyl adjacent to an activating group) is 1. The van der Waals surface area contributed by atoms with Crippen LogP contribution >= 0.6 is 0 Å². The van der Waals surface area contributed by atoms with E-state index < -0.39 is 0 Å². The molecule has 1 aromatic rings. The fourth-order valence-electron chi connectivity index (χ4n) is 2.97. The number of nitrogens with zero attached hydrogens (tertiary/aromatic N) is 1. The molecular formula is C16H26N2O. The number of hydrogen-bond acceptors (Lipinski definition) is 3. The number of hydrogen-bond donors (Lipinski definition) is 1. The highest BCUT2D eigenvalue weighted by Crippen LogP contribution is 2.26. The van der Waals surface area contributed by atoms with Crippen molar-refractivity contribution in [3.8, 4) is 0 Å². The predicted molar refractivity (Wildman–Crippen MR) is 80.8 cm³/mol. The van der Waals surface area contributed by atoms with Crippen molar-refractivity contribution < 1.29 is 4.74 Å². The minimum Gasteiger partial charge on any atom is -0.376 e. The highest BCUT2D eigenvalue weighted by molar-refractivity contribution is 5.48. The SMILES string of the molecule is CCC(NC)c1ccc(N(C)C2CCOC2C)cc1. The Morgan fingerprint density at radius 1 is 1.37 bits per heavy atom. The summed E-state index contributed by atoms with van der Waals surface area (Å²) >= 11 is 0. The van der Waals surface area contributed by atoms with E-state index in [9.17, 15) is 0 Å². The maximum Gasteiger partial charge on any atom is 0.0750 e. The molecule has 1 saturated heterocycles. The lowest BCUT2D eigenvalue weighted by molar-refractivity contribution is 0.118. The second-order valence-electron chi connectivity index (χ2n) is 5.38. The molecule has 1 N–H and O–H groups in total. The third-order valence-electron chi connectivity index (χ3n) is 4.29. The van der Waals surface area contributed by atoms with Gasteiger partial charge in [-0.2, -0.15) is 0 Å². The van der Waals surface area contributed by atoms with E-state index in [1.807, 2.05) is 7.05 Å². The van der Waals surface area contributed by atoms with Crippen LogP contribution in [-0.4, -0.2) is 32.8 Å². The molecule has 0 amide bonds. The van der Waals surface area contributed by atoms with Crippen molar-refractivity contribution in [2.45, 2.75) is 44.9 Å². The molecule has 0 aromatic heterocycles. The summed E-state index contributed by atoms with van der Waals surface area (Å²) in [4.78, 5) is 2.35. The lowest BCUT2D eigenvalue weighted by Crippen LogP contribution is -2.36. The van der Waals surface area contributed by atoms with E-state index in [4.69, 9.17) is 4.74 Å². The van der Waals surface area contributed by atoms with Gasteiger partial charge in [0.2, 0.25) is 0 Å². The van der Waals surface area contributed by atoms with E-state index in [2.05, 4.69) is 55.4 Å². The molecule has 1 aliphatic rings. The smallest absolute Gasteiger partial charge is 0.0750 e. The van der Waals surface area contributed by atoms with Crippen molar-refractivity contribution in [2.75, 3.05) is 25.6 Å². The van der Waals surface area contributed by atoms with Gasteiger partial charge in [-0.15, -0.1) is 0 Å². The van der Waals surface area contributed by atoms with E-state index in [1.165, 1.54) is 11.3 Å². The van der Waals surface area contributed by atoms with E-state index in [1.54, 1.807) is 0 Å². The third kappa shape index (κ3) is 3.10. The number of rotatable bonds is 5. The first kappa shape index (κ1) is 14.4. The van der Waals surface area contributed by atoms with Crippen LogP contribution in [0.2, 0.25) is 0 Å². The normalized spacial score (nSPS) is 24.4. The van der Waals surface area contributed by atoms with E-state index in [0.29, 0.717) is 18.2 Å². The molecule has 0 spiro atoms. The predicted octanol–water partition coefficient (Wildman–Crippen LogP) is 2.97. The van der Waals surface area contributed by atoms with Crippen LogP contribution in [0.1, 0.15) is 38.3 Å². The molecule has 3 unspecified atom stereocenters. The van der Waals surface area contributed by atoms with E-state index in [0.717, 1.165) is 19.4 Å². The molecule has 1 aliphatic heterocycles. The first-order valence-corrected chi connectivity index (χ1v) is 7.29. The quantitative estimate of drug-likeness (QED) is 0.883. The Balaban J connectivity index is 2.09. The highest BCUT2D eigenvalue weighted by atomic mass is 16.5. The summed E-state index contributed by atoms with van der Waals surface area (Å²) in [5, 5.41) is 3.35. The van der Waals surface area contributed by atoms with Crippen LogP contribution in [-0.2, 0) is 4.74 Å². The summed E-state index contributed by atoms with van der Waals surface area (Å²) in [5.74, 6) is 0. The molecule has 1 fully saturated rings. The van der Waals surface area contributed by atoms with Crippen LogP contribution in [0.15, 0.2) is 24.3 Å². The largest absolute Gasteiger partial charge is 0.376 e. The van der Waals surface area contributed by atoms with Gasteiger partial charge in [-0.1, -0.05) is 19.1 Å². The van der Waals surface area contributed by atoms with E-state index >= 15 is 0 Å². The van der Waals surface area contributed by atoms with Crippen LogP contribution in [0, 0.1) is 0 Å². The standard InChI is InChI=1S/C16H26N2O/c1-5-15(17-3)13-6-8-14(9-7-13)18(4)16-10-11-19-12(16)2/h6-9,12,15-17H,5,10-11H2,1-4H3. The zero-order valence-corrected chi connectivity index (χ0v) is 12.5. The Labute approximate surface area is 116 Å². The molecule has 106 valence electrons. The van der Waals surface area contributed by atoms with Crippen molar-refractivity contribution in [1.29, 1.82) is 0 Å². The van der Waals surface area contributed by atoms with Gasteiger partial charge >= 0.3 is 0 Å². The van der Waals surface area contributed by atoms with Crippen molar-refractivity contribution in [1.82, 2.24) is 5.32 Å². The van der Waals surface area contributed by atoms with Gasteiger partial charge in [0.25, 0.3) is 0 Å². The molecule has 0 radical (unpaired) electrons. The van der Waals surface area contributed by atoms with Gasteiger partial charge < -0.3 is 15.0 Å².